The van der Waals surface area contributed by atoms with Gasteiger partial charge in [0.2, 0.25) is 5.91 Å². The highest BCUT2D eigenvalue weighted by Gasteiger charge is 2.35. The largest absolute Gasteiger partial charge is 0.339 e. The molecular weight excluding hydrogens is 351 g/mol. The third-order valence-electron chi connectivity index (χ3n) is 5.50. The van der Waals surface area contributed by atoms with Gasteiger partial charge in [0, 0.05) is 38.6 Å². The average Bonchev–Trinajstić information content (AvgIpc) is 2.61. The summed E-state index contributed by atoms with van der Waals surface area (Å²) in [4.78, 5) is 16.8. The molecule has 0 bridgehead atoms. The van der Waals surface area contributed by atoms with E-state index in [-0.39, 0.29) is 10.9 Å². The lowest BCUT2D eigenvalue weighted by Crippen LogP contribution is -2.61. The van der Waals surface area contributed by atoms with E-state index in [4.69, 9.17) is 11.6 Å². The highest BCUT2D eigenvalue weighted by Crippen LogP contribution is 2.25. The first-order chi connectivity index (χ1) is 12.6. The van der Waals surface area contributed by atoms with Gasteiger partial charge in [-0.15, -0.1) is 0 Å². The maximum atomic E-state index is 13.5. The molecule has 3 nitrogen and oxygen atoms in total. The predicted octanol–water partition coefficient (Wildman–Crippen LogP) is 3.68. The Morgan fingerprint density at radius 3 is 2.69 bits per heavy atom. The minimum absolute atomic E-state index is 0.119. The number of nitrogens with zero attached hydrogens (tertiary/aromatic N) is 2. The van der Waals surface area contributed by atoms with Crippen molar-refractivity contribution in [2.45, 2.75) is 31.8 Å². The molecule has 136 valence electrons. The Morgan fingerprint density at radius 2 is 1.92 bits per heavy atom. The second-order valence-corrected chi connectivity index (χ2v) is 7.60. The molecule has 0 spiro atoms. The van der Waals surface area contributed by atoms with E-state index in [2.05, 4.69) is 29.2 Å². The van der Waals surface area contributed by atoms with Crippen molar-refractivity contribution in [3.63, 3.8) is 0 Å². The van der Waals surface area contributed by atoms with Crippen molar-refractivity contribution in [3.8, 4) is 0 Å². The van der Waals surface area contributed by atoms with Crippen LogP contribution in [0.15, 0.2) is 42.5 Å². The van der Waals surface area contributed by atoms with Gasteiger partial charge >= 0.3 is 0 Å². The standard InChI is InChI=1S/C21H22ClFN2O/c22-19-7-5-15(11-20(19)23)6-8-21(26)25-13-18(14-25)24-10-9-16-3-1-2-4-17(16)12-24/h1-5,7,11,18H,6,8-10,12-14H2. The lowest BCUT2D eigenvalue weighted by Gasteiger charge is -2.47. The molecule has 1 amide bonds. The van der Waals surface area contributed by atoms with Crippen LogP contribution in [-0.4, -0.2) is 41.4 Å². The summed E-state index contributed by atoms with van der Waals surface area (Å²) in [5.74, 6) is -0.278. The Balaban J connectivity index is 1.25. The molecule has 1 saturated heterocycles. The summed E-state index contributed by atoms with van der Waals surface area (Å²) in [6.07, 6.45) is 2.05. The highest BCUT2D eigenvalue weighted by atomic mass is 35.5. The summed E-state index contributed by atoms with van der Waals surface area (Å²) < 4.78 is 13.5. The fraction of sp³-hybridized carbons (Fsp3) is 0.381. The Bertz CT molecular complexity index is 819. The molecule has 5 heteroatoms. The van der Waals surface area contributed by atoms with Crippen molar-refractivity contribution in [1.82, 2.24) is 9.80 Å². The molecule has 26 heavy (non-hydrogen) atoms. The number of amides is 1. The van der Waals surface area contributed by atoms with Crippen LogP contribution in [0.25, 0.3) is 0 Å². The maximum Gasteiger partial charge on any atom is 0.223 e. The van der Waals surface area contributed by atoms with Crippen LogP contribution in [-0.2, 0) is 24.2 Å². The molecule has 0 saturated carbocycles. The Morgan fingerprint density at radius 1 is 1.15 bits per heavy atom. The first-order valence-corrected chi connectivity index (χ1v) is 9.50. The van der Waals surface area contributed by atoms with E-state index >= 15 is 0 Å². The van der Waals surface area contributed by atoms with E-state index in [0.29, 0.717) is 18.9 Å². The quantitative estimate of drug-likeness (QED) is 0.817. The van der Waals surface area contributed by atoms with E-state index in [0.717, 1.165) is 38.2 Å². The van der Waals surface area contributed by atoms with Gasteiger partial charge in [-0.1, -0.05) is 41.9 Å². The van der Waals surface area contributed by atoms with Gasteiger partial charge in [-0.3, -0.25) is 9.69 Å². The van der Waals surface area contributed by atoms with Crippen LogP contribution < -0.4 is 0 Å². The van der Waals surface area contributed by atoms with E-state index in [1.165, 1.54) is 17.2 Å². The smallest absolute Gasteiger partial charge is 0.223 e. The van der Waals surface area contributed by atoms with Crippen molar-refractivity contribution in [2.75, 3.05) is 19.6 Å². The summed E-state index contributed by atoms with van der Waals surface area (Å²) in [5, 5.41) is 0.119. The number of likely N-dealkylation sites (tertiary alicyclic amines) is 1. The first-order valence-electron chi connectivity index (χ1n) is 9.12. The van der Waals surface area contributed by atoms with Crippen molar-refractivity contribution in [3.05, 3.63) is 70.0 Å². The number of hydrogen-bond acceptors (Lipinski definition) is 2. The van der Waals surface area contributed by atoms with Crippen LogP contribution in [0.4, 0.5) is 4.39 Å². The summed E-state index contributed by atoms with van der Waals surface area (Å²) in [6.45, 7) is 3.65. The first kappa shape index (κ1) is 17.5. The van der Waals surface area contributed by atoms with Gasteiger partial charge in [0.1, 0.15) is 5.82 Å². The monoisotopic (exact) mass is 372 g/mol. The molecule has 2 aromatic rings. The van der Waals surface area contributed by atoms with Crippen LogP contribution in [0, 0.1) is 5.82 Å². The van der Waals surface area contributed by atoms with Gasteiger partial charge in [-0.2, -0.15) is 0 Å². The van der Waals surface area contributed by atoms with Gasteiger partial charge in [0.25, 0.3) is 0 Å². The number of halogens is 2. The average molecular weight is 373 g/mol. The summed E-state index contributed by atoms with van der Waals surface area (Å²) in [5.41, 5.74) is 3.67. The van der Waals surface area contributed by atoms with Crippen molar-refractivity contribution in [2.24, 2.45) is 0 Å². The Kier molecular flexibility index (Phi) is 4.96. The van der Waals surface area contributed by atoms with Crippen LogP contribution in [0.1, 0.15) is 23.1 Å². The molecule has 1 fully saturated rings. The van der Waals surface area contributed by atoms with E-state index in [1.54, 1.807) is 12.1 Å². The number of carbonyl (C=O) groups excluding carboxylic acids is 1. The van der Waals surface area contributed by atoms with Gasteiger partial charge in [-0.25, -0.2) is 4.39 Å². The predicted molar refractivity (Wildman–Crippen MR) is 101 cm³/mol. The molecule has 0 atom stereocenters. The summed E-state index contributed by atoms with van der Waals surface area (Å²) in [6, 6.07) is 13.8. The minimum Gasteiger partial charge on any atom is -0.339 e. The van der Waals surface area contributed by atoms with Crippen LogP contribution in [0.5, 0.6) is 0 Å². The van der Waals surface area contributed by atoms with Crippen LogP contribution in [0.3, 0.4) is 0 Å². The number of benzene rings is 2. The number of hydrogen-bond donors (Lipinski definition) is 0. The number of fused-ring (bicyclic) bond motifs is 1. The van der Waals surface area contributed by atoms with Crippen molar-refractivity contribution >= 4 is 17.5 Å². The Hall–Kier alpha value is -1.91. The van der Waals surface area contributed by atoms with Gasteiger partial charge in [0.05, 0.1) is 5.02 Å². The molecule has 0 aliphatic carbocycles. The molecule has 0 unspecified atom stereocenters. The zero-order valence-corrected chi connectivity index (χ0v) is 15.4. The SMILES string of the molecule is O=C(CCc1ccc(Cl)c(F)c1)N1CC(N2CCc3ccccc3C2)C1. The fourth-order valence-electron chi connectivity index (χ4n) is 3.82. The third-order valence-corrected chi connectivity index (χ3v) is 5.81. The molecule has 2 aliphatic heterocycles. The molecule has 4 rings (SSSR count). The van der Waals surface area contributed by atoms with Crippen molar-refractivity contribution < 1.29 is 9.18 Å². The van der Waals surface area contributed by atoms with E-state index < -0.39 is 5.82 Å². The van der Waals surface area contributed by atoms with E-state index in [1.807, 2.05) is 4.90 Å². The second-order valence-electron chi connectivity index (χ2n) is 7.19. The minimum atomic E-state index is -0.425. The third kappa shape index (κ3) is 3.62. The van der Waals surface area contributed by atoms with Crippen molar-refractivity contribution in [1.29, 1.82) is 0 Å². The lowest BCUT2D eigenvalue weighted by atomic mass is 9.96. The maximum absolute atomic E-state index is 13.5. The van der Waals surface area contributed by atoms with Gasteiger partial charge in [0.15, 0.2) is 0 Å². The second kappa shape index (κ2) is 7.37. The lowest BCUT2D eigenvalue weighted by molar-refractivity contribution is -0.138. The number of carbonyl (C=O) groups is 1. The molecule has 0 radical (unpaired) electrons. The van der Waals surface area contributed by atoms with Gasteiger partial charge in [-0.05, 0) is 41.7 Å². The van der Waals surface area contributed by atoms with Crippen LogP contribution >= 0.6 is 11.6 Å². The molecule has 2 aliphatic rings. The normalized spacial score (nSPS) is 17.7. The topological polar surface area (TPSA) is 23.6 Å². The molecule has 2 aromatic carbocycles. The van der Waals surface area contributed by atoms with E-state index in [9.17, 15) is 9.18 Å². The zero-order valence-electron chi connectivity index (χ0n) is 14.6. The highest BCUT2D eigenvalue weighted by molar-refractivity contribution is 6.30. The molecule has 0 aromatic heterocycles. The number of aryl methyl sites for hydroxylation is 1. The van der Waals surface area contributed by atoms with Crippen LogP contribution in [0.2, 0.25) is 5.02 Å². The molecular formula is C21H22ClFN2O. The molecule has 0 N–H and O–H groups in total. The summed E-state index contributed by atoms with van der Waals surface area (Å²) >= 11 is 5.69. The van der Waals surface area contributed by atoms with Gasteiger partial charge < -0.3 is 4.90 Å². The fourth-order valence-corrected chi connectivity index (χ4v) is 3.94. The number of rotatable bonds is 4. The Labute approximate surface area is 158 Å². The summed E-state index contributed by atoms with van der Waals surface area (Å²) in [7, 11) is 0. The zero-order chi connectivity index (χ0) is 18.1. The molecule has 2 heterocycles.